The highest BCUT2D eigenvalue weighted by Gasteiger charge is 2.26. The fraction of sp³-hybridized carbons (Fsp3) is 0.750. The normalized spacial score (nSPS) is 23.3. The highest BCUT2D eigenvalue weighted by atomic mass is 16.5. The summed E-state index contributed by atoms with van der Waals surface area (Å²) in [5.74, 6) is 1.17. The standard InChI is InChI=1S/C12H21N5O2/c1-5-13-10-14-11(16-12(15-10)18-4)17-6-9(3)19-7-8(17)2/h8-9H,5-7H2,1-4H3,(H,13,14,15,16). The van der Waals surface area contributed by atoms with Crippen LogP contribution in [0.2, 0.25) is 0 Å². The molecule has 0 saturated carbocycles. The van der Waals surface area contributed by atoms with Crippen molar-refractivity contribution < 1.29 is 9.47 Å². The topological polar surface area (TPSA) is 72.4 Å². The number of nitrogens with zero attached hydrogens (tertiary/aromatic N) is 4. The van der Waals surface area contributed by atoms with Gasteiger partial charge in [0.25, 0.3) is 0 Å². The molecular formula is C12H21N5O2. The maximum Gasteiger partial charge on any atom is 0.322 e. The first kappa shape index (κ1) is 13.8. The van der Waals surface area contributed by atoms with Gasteiger partial charge in [0.1, 0.15) is 0 Å². The summed E-state index contributed by atoms with van der Waals surface area (Å²) in [5, 5.41) is 3.09. The average molecular weight is 267 g/mol. The Morgan fingerprint density at radius 3 is 2.84 bits per heavy atom. The van der Waals surface area contributed by atoms with E-state index in [0.717, 1.165) is 13.1 Å². The zero-order chi connectivity index (χ0) is 13.8. The molecule has 1 aliphatic heterocycles. The van der Waals surface area contributed by atoms with E-state index in [1.54, 1.807) is 7.11 Å². The zero-order valence-electron chi connectivity index (χ0n) is 11.9. The summed E-state index contributed by atoms with van der Waals surface area (Å²) in [7, 11) is 1.56. The van der Waals surface area contributed by atoms with Gasteiger partial charge in [0.2, 0.25) is 11.9 Å². The van der Waals surface area contributed by atoms with Crippen LogP contribution in [-0.4, -0.2) is 53.9 Å². The minimum atomic E-state index is 0.168. The van der Waals surface area contributed by atoms with Crippen LogP contribution in [0.3, 0.4) is 0 Å². The molecule has 0 bridgehead atoms. The molecule has 7 heteroatoms. The monoisotopic (exact) mass is 267 g/mol. The molecule has 0 aromatic carbocycles. The Bertz CT molecular complexity index is 429. The molecule has 2 rings (SSSR count). The minimum Gasteiger partial charge on any atom is -0.467 e. The zero-order valence-corrected chi connectivity index (χ0v) is 11.9. The molecule has 1 aromatic heterocycles. The Labute approximate surface area is 113 Å². The quantitative estimate of drug-likeness (QED) is 0.869. The van der Waals surface area contributed by atoms with Crippen molar-refractivity contribution in [3.8, 4) is 6.01 Å². The van der Waals surface area contributed by atoms with Crippen LogP contribution in [0, 0.1) is 0 Å². The van der Waals surface area contributed by atoms with E-state index >= 15 is 0 Å². The maximum absolute atomic E-state index is 5.62. The molecule has 2 atom stereocenters. The lowest BCUT2D eigenvalue weighted by Crippen LogP contribution is -2.48. The summed E-state index contributed by atoms with van der Waals surface area (Å²) in [4.78, 5) is 15.1. The smallest absolute Gasteiger partial charge is 0.322 e. The first-order valence-corrected chi connectivity index (χ1v) is 6.56. The number of aromatic nitrogens is 3. The summed E-state index contributed by atoms with van der Waals surface area (Å²) >= 11 is 0. The molecule has 1 aliphatic rings. The molecule has 1 saturated heterocycles. The Morgan fingerprint density at radius 2 is 2.16 bits per heavy atom. The van der Waals surface area contributed by atoms with Gasteiger partial charge < -0.3 is 19.7 Å². The third kappa shape index (κ3) is 3.23. The van der Waals surface area contributed by atoms with E-state index in [4.69, 9.17) is 9.47 Å². The second-order valence-electron chi connectivity index (χ2n) is 4.62. The van der Waals surface area contributed by atoms with Gasteiger partial charge in [-0.25, -0.2) is 0 Å². The lowest BCUT2D eigenvalue weighted by molar-refractivity contribution is 0.0336. The van der Waals surface area contributed by atoms with E-state index in [2.05, 4.69) is 32.1 Å². The summed E-state index contributed by atoms with van der Waals surface area (Å²) in [6.45, 7) is 8.32. The van der Waals surface area contributed by atoms with E-state index < -0.39 is 0 Å². The van der Waals surface area contributed by atoms with Crippen molar-refractivity contribution in [2.24, 2.45) is 0 Å². The van der Waals surface area contributed by atoms with Gasteiger partial charge in [0, 0.05) is 13.1 Å². The SMILES string of the molecule is CCNc1nc(OC)nc(N2CC(C)OCC2C)n1. The lowest BCUT2D eigenvalue weighted by atomic mass is 10.2. The molecular weight excluding hydrogens is 246 g/mol. The van der Waals surface area contributed by atoms with Gasteiger partial charge in [0.05, 0.1) is 25.9 Å². The Balaban J connectivity index is 2.28. The minimum absolute atomic E-state index is 0.168. The fourth-order valence-electron chi connectivity index (χ4n) is 1.98. The Hall–Kier alpha value is -1.63. The number of hydrogen-bond acceptors (Lipinski definition) is 7. The molecule has 106 valence electrons. The molecule has 1 fully saturated rings. The van der Waals surface area contributed by atoms with Crippen LogP contribution in [0.4, 0.5) is 11.9 Å². The largest absolute Gasteiger partial charge is 0.467 e. The summed E-state index contributed by atoms with van der Waals surface area (Å²) in [5.41, 5.74) is 0. The number of methoxy groups -OCH3 is 1. The first-order valence-electron chi connectivity index (χ1n) is 6.56. The third-order valence-electron chi connectivity index (χ3n) is 2.99. The van der Waals surface area contributed by atoms with E-state index in [1.165, 1.54) is 0 Å². The second-order valence-corrected chi connectivity index (χ2v) is 4.62. The molecule has 0 aliphatic carbocycles. The molecule has 0 amide bonds. The number of nitrogens with one attached hydrogen (secondary N) is 1. The predicted octanol–water partition coefficient (Wildman–Crippen LogP) is 0.926. The number of ether oxygens (including phenoxy) is 2. The molecule has 1 N–H and O–H groups in total. The van der Waals surface area contributed by atoms with Crippen LogP contribution >= 0.6 is 0 Å². The highest BCUT2D eigenvalue weighted by molar-refractivity contribution is 5.39. The fourth-order valence-corrected chi connectivity index (χ4v) is 1.98. The summed E-state index contributed by atoms with van der Waals surface area (Å²) in [6, 6.07) is 0.560. The number of hydrogen-bond donors (Lipinski definition) is 1. The number of morpholine rings is 1. The summed E-state index contributed by atoms with van der Waals surface area (Å²) in [6.07, 6.45) is 0.168. The summed E-state index contributed by atoms with van der Waals surface area (Å²) < 4.78 is 10.8. The van der Waals surface area contributed by atoms with Crippen LogP contribution in [0.5, 0.6) is 6.01 Å². The third-order valence-corrected chi connectivity index (χ3v) is 2.99. The Morgan fingerprint density at radius 1 is 1.37 bits per heavy atom. The molecule has 0 spiro atoms. The van der Waals surface area contributed by atoms with Crippen molar-refractivity contribution in [1.82, 2.24) is 15.0 Å². The molecule has 7 nitrogen and oxygen atoms in total. The van der Waals surface area contributed by atoms with Gasteiger partial charge in [-0.1, -0.05) is 0 Å². The van der Waals surface area contributed by atoms with Gasteiger partial charge in [0.15, 0.2) is 0 Å². The van der Waals surface area contributed by atoms with E-state index in [1.807, 2.05) is 13.8 Å². The lowest BCUT2D eigenvalue weighted by Gasteiger charge is -2.36. The van der Waals surface area contributed by atoms with Gasteiger partial charge in [-0.3, -0.25) is 0 Å². The van der Waals surface area contributed by atoms with E-state index in [-0.39, 0.29) is 12.1 Å². The van der Waals surface area contributed by atoms with Gasteiger partial charge in [-0.2, -0.15) is 15.0 Å². The molecule has 2 unspecified atom stereocenters. The van der Waals surface area contributed by atoms with Crippen molar-refractivity contribution in [2.75, 3.05) is 37.0 Å². The van der Waals surface area contributed by atoms with E-state index in [0.29, 0.717) is 24.5 Å². The molecule has 19 heavy (non-hydrogen) atoms. The Kier molecular flexibility index (Phi) is 4.36. The van der Waals surface area contributed by atoms with Crippen LogP contribution in [0.1, 0.15) is 20.8 Å². The van der Waals surface area contributed by atoms with Gasteiger partial charge in [-0.15, -0.1) is 0 Å². The van der Waals surface area contributed by atoms with Crippen molar-refractivity contribution in [2.45, 2.75) is 32.9 Å². The second kappa shape index (κ2) is 6.01. The van der Waals surface area contributed by atoms with Crippen LogP contribution in [-0.2, 0) is 4.74 Å². The number of anilines is 2. The average Bonchev–Trinajstić information content (AvgIpc) is 2.41. The van der Waals surface area contributed by atoms with E-state index in [9.17, 15) is 0 Å². The molecule has 2 heterocycles. The van der Waals surface area contributed by atoms with Gasteiger partial charge in [-0.05, 0) is 20.8 Å². The van der Waals surface area contributed by atoms with Crippen molar-refractivity contribution >= 4 is 11.9 Å². The van der Waals surface area contributed by atoms with Crippen molar-refractivity contribution in [1.29, 1.82) is 0 Å². The van der Waals surface area contributed by atoms with Crippen LogP contribution in [0.15, 0.2) is 0 Å². The first-order chi connectivity index (χ1) is 9.13. The highest BCUT2D eigenvalue weighted by Crippen LogP contribution is 2.20. The van der Waals surface area contributed by atoms with Crippen LogP contribution < -0.4 is 15.0 Å². The van der Waals surface area contributed by atoms with Gasteiger partial charge >= 0.3 is 6.01 Å². The molecule has 0 radical (unpaired) electrons. The van der Waals surface area contributed by atoms with Crippen molar-refractivity contribution in [3.63, 3.8) is 0 Å². The van der Waals surface area contributed by atoms with Crippen molar-refractivity contribution in [3.05, 3.63) is 0 Å². The van der Waals surface area contributed by atoms with Crippen LogP contribution in [0.25, 0.3) is 0 Å². The molecule has 1 aromatic rings. The predicted molar refractivity (Wildman–Crippen MR) is 72.8 cm³/mol. The maximum atomic E-state index is 5.62. The number of rotatable bonds is 4.